The zero-order valence-electron chi connectivity index (χ0n) is 10.8. The Morgan fingerprint density at radius 2 is 2.17 bits per heavy atom. The van der Waals surface area contributed by atoms with Crippen molar-refractivity contribution in [3.8, 4) is 0 Å². The molecule has 1 fully saturated rings. The van der Waals surface area contributed by atoms with Crippen LogP contribution in [0, 0.1) is 21.4 Å². The number of nitrogen functional groups attached to an aromatic ring is 1. The van der Waals surface area contributed by atoms with Crippen molar-refractivity contribution in [3.05, 3.63) is 28.3 Å². The fourth-order valence-corrected chi connectivity index (χ4v) is 2.21. The second-order valence-corrected chi connectivity index (χ2v) is 5.40. The molecule has 0 radical (unpaired) electrons. The summed E-state index contributed by atoms with van der Waals surface area (Å²) < 4.78 is 0. The van der Waals surface area contributed by atoms with Gasteiger partial charge in [-0.25, -0.2) is 0 Å². The van der Waals surface area contributed by atoms with Gasteiger partial charge in [0, 0.05) is 18.7 Å². The lowest BCUT2D eigenvalue weighted by atomic mass is 9.92. The van der Waals surface area contributed by atoms with Crippen LogP contribution >= 0.6 is 0 Å². The number of anilines is 2. The van der Waals surface area contributed by atoms with Gasteiger partial charge >= 0.3 is 0 Å². The van der Waals surface area contributed by atoms with E-state index in [1.54, 1.807) is 6.07 Å². The molecule has 0 amide bonds. The van der Waals surface area contributed by atoms with Crippen LogP contribution in [-0.4, -0.2) is 11.5 Å². The van der Waals surface area contributed by atoms with Crippen LogP contribution in [0.1, 0.15) is 26.7 Å². The molecule has 0 atom stereocenters. The van der Waals surface area contributed by atoms with Crippen LogP contribution in [0.15, 0.2) is 18.2 Å². The summed E-state index contributed by atoms with van der Waals surface area (Å²) >= 11 is 0. The predicted molar refractivity (Wildman–Crippen MR) is 72.5 cm³/mol. The van der Waals surface area contributed by atoms with E-state index in [1.165, 1.54) is 25.0 Å². The first-order valence-corrected chi connectivity index (χ1v) is 6.22. The first kappa shape index (κ1) is 12.7. The van der Waals surface area contributed by atoms with E-state index >= 15 is 0 Å². The van der Waals surface area contributed by atoms with Crippen molar-refractivity contribution in [3.63, 3.8) is 0 Å². The molecule has 0 unspecified atom stereocenters. The highest BCUT2D eigenvalue weighted by Gasteiger charge is 2.44. The summed E-state index contributed by atoms with van der Waals surface area (Å²) in [6.07, 6.45) is 2.48. The summed E-state index contributed by atoms with van der Waals surface area (Å²) in [7, 11) is 0. The third kappa shape index (κ3) is 2.39. The smallest absolute Gasteiger partial charge is 0.271 e. The van der Waals surface area contributed by atoms with Crippen molar-refractivity contribution in [1.29, 1.82) is 0 Å². The Morgan fingerprint density at radius 1 is 1.50 bits per heavy atom. The first-order chi connectivity index (χ1) is 8.44. The monoisotopic (exact) mass is 249 g/mol. The highest BCUT2D eigenvalue weighted by molar-refractivity contribution is 5.69. The summed E-state index contributed by atoms with van der Waals surface area (Å²) in [6, 6.07) is 4.56. The number of hydrogen-bond acceptors (Lipinski definition) is 4. The van der Waals surface area contributed by atoms with Gasteiger partial charge in [0.1, 0.15) is 0 Å². The normalized spacial score (nSPS) is 16.6. The predicted octanol–water partition coefficient (Wildman–Crippen LogP) is 3.03. The Labute approximate surface area is 107 Å². The van der Waals surface area contributed by atoms with Gasteiger partial charge in [-0.05, 0) is 30.2 Å². The maximum Gasteiger partial charge on any atom is 0.271 e. The van der Waals surface area contributed by atoms with Gasteiger partial charge in [-0.3, -0.25) is 10.1 Å². The Balaban J connectivity index is 2.04. The van der Waals surface area contributed by atoms with Crippen molar-refractivity contribution < 1.29 is 4.92 Å². The molecule has 18 heavy (non-hydrogen) atoms. The quantitative estimate of drug-likeness (QED) is 0.477. The third-order valence-electron chi connectivity index (χ3n) is 3.99. The van der Waals surface area contributed by atoms with Crippen molar-refractivity contribution in [2.75, 3.05) is 17.6 Å². The molecule has 3 N–H and O–H groups in total. The molecule has 5 nitrogen and oxygen atoms in total. The summed E-state index contributed by atoms with van der Waals surface area (Å²) in [5, 5.41) is 13.9. The number of rotatable bonds is 5. The summed E-state index contributed by atoms with van der Waals surface area (Å²) in [5.74, 6) is 0.643. The molecular weight excluding hydrogens is 230 g/mol. The summed E-state index contributed by atoms with van der Waals surface area (Å²) in [5.41, 5.74) is 7.45. The molecule has 0 bridgehead atoms. The number of benzene rings is 1. The molecule has 1 saturated carbocycles. The number of nitrogens with two attached hydrogens (primary N) is 1. The zero-order chi connectivity index (χ0) is 13.3. The van der Waals surface area contributed by atoms with E-state index in [1.807, 2.05) is 0 Å². The maximum atomic E-state index is 10.6. The third-order valence-corrected chi connectivity index (χ3v) is 3.99. The Hall–Kier alpha value is -1.78. The average Bonchev–Trinajstić information content (AvgIpc) is 3.08. The van der Waals surface area contributed by atoms with E-state index in [4.69, 9.17) is 5.73 Å². The van der Waals surface area contributed by atoms with E-state index in [-0.39, 0.29) is 5.69 Å². The van der Waals surface area contributed by atoms with Gasteiger partial charge in [0.25, 0.3) is 5.69 Å². The highest BCUT2D eigenvalue weighted by atomic mass is 16.6. The molecule has 1 aromatic carbocycles. The van der Waals surface area contributed by atoms with Crippen LogP contribution in [0.3, 0.4) is 0 Å². The summed E-state index contributed by atoms with van der Waals surface area (Å²) in [6.45, 7) is 5.34. The van der Waals surface area contributed by atoms with E-state index in [0.717, 1.165) is 12.2 Å². The van der Waals surface area contributed by atoms with Gasteiger partial charge in [0.05, 0.1) is 16.3 Å². The molecule has 1 aromatic rings. The minimum atomic E-state index is -0.434. The molecule has 2 rings (SSSR count). The van der Waals surface area contributed by atoms with Crippen LogP contribution in [0.2, 0.25) is 0 Å². The van der Waals surface area contributed by atoms with E-state index in [2.05, 4.69) is 19.2 Å². The standard InChI is InChI=1S/C13H19N3O2/c1-9(2)13(5-6-13)8-15-12-4-3-10(16(17)18)7-11(12)14/h3-4,7,9,15H,5-6,8,14H2,1-2H3. The first-order valence-electron chi connectivity index (χ1n) is 6.22. The van der Waals surface area contributed by atoms with Gasteiger partial charge in [0.15, 0.2) is 0 Å². The fourth-order valence-electron chi connectivity index (χ4n) is 2.21. The lowest BCUT2D eigenvalue weighted by molar-refractivity contribution is -0.384. The second kappa shape index (κ2) is 4.48. The summed E-state index contributed by atoms with van der Waals surface area (Å²) in [4.78, 5) is 10.2. The van der Waals surface area contributed by atoms with Crippen molar-refractivity contribution in [1.82, 2.24) is 0 Å². The molecule has 0 spiro atoms. The second-order valence-electron chi connectivity index (χ2n) is 5.40. The number of hydrogen-bond donors (Lipinski definition) is 2. The van der Waals surface area contributed by atoms with Gasteiger partial charge in [0.2, 0.25) is 0 Å². The Kier molecular flexibility index (Phi) is 3.15. The number of nitro benzene ring substituents is 1. The minimum Gasteiger partial charge on any atom is -0.397 e. The molecule has 0 aliphatic heterocycles. The molecule has 5 heteroatoms. The SMILES string of the molecule is CC(C)C1(CNc2ccc([N+](=O)[O-])cc2N)CC1. The van der Waals surface area contributed by atoms with Crippen LogP contribution in [0.25, 0.3) is 0 Å². The van der Waals surface area contributed by atoms with Gasteiger partial charge in [-0.1, -0.05) is 13.8 Å². The lowest BCUT2D eigenvalue weighted by Crippen LogP contribution is -2.21. The van der Waals surface area contributed by atoms with Crippen LogP contribution in [0.4, 0.5) is 17.1 Å². The average molecular weight is 249 g/mol. The van der Waals surface area contributed by atoms with Gasteiger partial charge in [-0.15, -0.1) is 0 Å². The molecule has 0 saturated heterocycles. The number of nitro groups is 1. The fraction of sp³-hybridized carbons (Fsp3) is 0.538. The van der Waals surface area contributed by atoms with Crippen LogP contribution < -0.4 is 11.1 Å². The van der Waals surface area contributed by atoms with Crippen LogP contribution in [-0.2, 0) is 0 Å². The molecule has 1 aliphatic carbocycles. The van der Waals surface area contributed by atoms with E-state index < -0.39 is 4.92 Å². The number of nitrogens with zero attached hydrogens (tertiary/aromatic N) is 1. The topological polar surface area (TPSA) is 81.2 Å². The largest absolute Gasteiger partial charge is 0.397 e. The Morgan fingerprint density at radius 3 is 2.61 bits per heavy atom. The lowest BCUT2D eigenvalue weighted by Gasteiger charge is -2.21. The Bertz CT molecular complexity index is 467. The van der Waals surface area contributed by atoms with Crippen molar-refractivity contribution >= 4 is 17.1 Å². The molecule has 0 heterocycles. The van der Waals surface area contributed by atoms with Gasteiger partial charge < -0.3 is 11.1 Å². The van der Waals surface area contributed by atoms with Crippen LogP contribution in [0.5, 0.6) is 0 Å². The molecular formula is C13H19N3O2. The zero-order valence-corrected chi connectivity index (χ0v) is 10.8. The van der Waals surface area contributed by atoms with Crippen molar-refractivity contribution in [2.45, 2.75) is 26.7 Å². The van der Waals surface area contributed by atoms with E-state index in [9.17, 15) is 10.1 Å². The highest BCUT2D eigenvalue weighted by Crippen LogP contribution is 2.51. The molecule has 98 valence electrons. The number of nitrogens with one attached hydrogen (secondary N) is 1. The van der Waals surface area contributed by atoms with Gasteiger partial charge in [-0.2, -0.15) is 0 Å². The molecule has 1 aliphatic rings. The minimum absolute atomic E-state index is 0.0306. The molecule has 0 aromatic heterocycles. The van der Waals surface area contributed by atoms with Crippen molar-refractivity contribution in [2.24, 2.45) is 11.3 Å². The maximum absolute atomic E-state index is 10.6. The number of non-ortho nitro benzene ring substituents is 1. The van der Waals surface area contributed by atoms with E-state index in [0.29, 0.717) is 17.0 Å².